The molecule has 0 aliphatic heterocycles. The molecule has 0 spiro atoms. The Bertz CT molecular complexity index is 720. The van der Waals surface area contributed by atoms with Gasteiger partial charge in [0.1, 0.15) is 5.82 Å². The summed E-state index contributed by atoms with van der Waals surface area (Å²) in [4.78, 5) is 13.2. The predicted molar refractivity (Wildman–Crippen MR) is 94.3 cm³/mol. The smallest absolute Gasteiger partial charge is 0.226 e. The first-order valence-electron chi connectivity index (χ1n) is 9.53. The first-order valence-corrected chi connectivity index (χ1v) is 9.53. The van der Waals surface area contributed by atoms with Crippen molar-refractivity contribution >= 4 is 5.91 Å². The molecule has 25 heavy (non-hydrogen) atoms. The highest BCUT2D eigenvalue weighted by atomic mass is 19.1. The van der Waals surface area contributed by atoms with Gasteiger partial charge in [-0.3, -0.25) is 4.79 Å². The molecule has 1 amide bonds. The molecule has 1 aromatic rings. The maximum atomic E-state index is 13.5. The van der Waals surface area contributed by atoms with Crippen molar-refractivity contribution in [3.63, 3.8) is 0 Å². The fourth-order valence-corrected chi connectivity index (χ4v) is 6.43. The van der Waals surface area contributed by atoms with Crippen molar-refractivity contribution in [2.45, 2.75) is 70.9 Å². The molecular formula is C21H28FNO2. The van der Waals surface area contributed by atoms with Crippen LogP contribution in [0.1, 0.15) is 63.0 Å². The number of hydrogen-bond acceptors (Lipinski definition) is 2. The molecular weight excluding hydrogens is 317 g/mol. The molecule has 4 fully saturated rings. The Balaban J connectivity index is 1.54. The van der Waals surface area contributed by atoms with Crippen LogP contribution in [0.5, 0.6) is 0 Å². The highest BCUT2D eigenvalue weighted by molar-refractivity contribution is 5.83. The van der Waals surface area contributed by atoms with Gasteiger partial charge < -0.3 is 10.4 Å². The summed E-state index contributed by atoms with van der Waals surface area (Å²) in [6.45, 7) is 4.48. The quantitative estimate of drug-likeness (QED) is 0.870. The molecule has 1 aromatic carbocycles. The van der Waals surface area contributed by atoms with Crippen LogP contribution in [0.3, 0.4) is 0 Å². The van der Waals surface area contributed by atoms with Crippen molar-refractivity contribution in [2.75, 3.05) is 0 Å². The van der Waals surface area contributed by atoms with Crippen molar-refractivity contribution < 1.29 is 14.3 Å². The Morgan fingerprint density at radius 3 is 2.80 bits per heavy atom. The molecule has 0 radical (unpaired) electrons. The van der Waals surface area contributed by atoms with E-state index in [0.29, 0.717) is 18.9 Å². The van der Waals surface area contributed by atoms with E-state index in [1.165, 1.54) is 12.1 Å². The largest absolute Gasteiger partial charge is 0.390 e. The molecule has 4 unspecified atom stereocenters. The summed E-state index contributed by atoms with van der Waals surface area (Å²) in [6.07, 6.45) is 6.27. The highest BCUT2D eigenvalue weighted by Crippen LogP contribution is 2.67. The van der Waals surface area contributed by atoms with E-state index in [2.05, 4.69) is 12.2 Å². The second-order valence-corrected chi connectivity index (χ2v) is 9.12. The molecule has 0 heterocycles. The van der Waals surface area contributed by atoms with Crippen LogP contribution < -0.4 is 5.32 Å². The minimum Gasteiger partial charge on any atom is -0.390 e. The van der Waals surface area contributed by atoms with Gasteiger partial charge in [0.25, 0.3) is 0 Å². The van der Waals surface area contributed by atoms with Crippen molar-refractivity contribution in [3.8, 4) is 0 Å². The van der Waals surface area contributed by atoms with Crippen molar-refractivity contribution in [1.82, 2.24) is 5.32 Å². The third kappa shape index (κ3) is 2.79. The van der Waals surface area contributed by atoms with E-state index in [1.54, 1.807) is 6.07 Å². The lowest BCUT2D eigenvalue weighted by molar-refractivity contribution is -0.204. The average Bonchev–Trinajstić information content (AvgIpc) is 2.53. The number of rotatable bonds is 4. The van der Waals surface area contributed by atoms with Gasteiger partial charge in [0.15, 0.2) is 0 Å². The SMILES string of the molecule is CCC12CC3CC(O)(C1)CC(C(=O)NCc1cc(F)ccc1C)(C3)C2. The number of halogens is 1. The Morgan fingerprint density at radius 1 is 1.28 bits per heavy atom. The second kappa shape index (κ2) is 5.54. The first kappa shape index (κ1) is 17.0. The van der Waals surface area contributed by atoms with Crippen LogP contribution in [0, 0.1) is 29.5 Å². The van der Waals surface area contributed by atoms with Crippen LogP contribution in [0.15, 0.2) is 18.2 Å². The Hall–Kier alpha value is -1.42. The number of benzene rings is 1. The maximum absolute atomic E-state index is 13.5. The van der Waals surface area contributed by atoms with Gasteiger partial charge in [-0.05, 0) is 80.0 Å². The van der Waals surface area contributed by atoms with Gasteiger partial charge >= 0.3 is 0 Å². The molecule has 0 saturated heterocycles. The zero-order valence-electron chi connectivity index (χ0n) is 15.2. The predicted octanol–water partition coefficient (Wildman–Crippen LogP) is 3.86. The van der Waals surface area contributed by atoms with E-state index in [0.717, 1.165) is 49.7 Å². The zero-order chi connectivity index (χ0) is 17.9. The van der Waals surface area contributed by atoms with Crippen LogP contribution in [-0.4, -0.2) is 16.6 Å². The van der Waals surface area contributed by atoms with Crippen molar-refractivity contribution in [2.24, 2.45) is 16.7 Å². The summed E-state index contributed by atoms with van der Waals surface area (Å²) in [7, 11) is 0. The summed E-state index contributed by atoms with van der Waals surface area (Å²) < 4.78 is 13.5. The Labute approximate surface area is 149 Å². The van der Waals surface area contributed by atoms with Gasteiger partial charge in [0.05, 0.1) is 11.0 Å². The van der Waals surface area contributed by atoms with Gasteiger partial charge in [-0.1, -0.05) is 19.4 Å². The first-order chi connectivity index (χ1) is 11.8. The minimum atomic E-state index is -0.665. The van der Waals surface area contributed by atoms with Crippen LogP contribution in [0.2, 0.25) is 0 Å². The number of aliphatic hydroxyl groups is 1. The van der Waals surface area contributed by atoms with E-state index in [1.807, 2.05) is 6.92 Å². The number of hydrogen-bond donors (Lipinski definition) is 2. The number of carbonyl (C=O) groups excluding carboxylic acids is 1. The minimum absolute atomic E-state index is 0.0523. The molecule has 4 aliphatic rings. The number of aryl methyl sites for hydroxylation is 1. The number of carbonyl (C=O) groups is 1. The van der Waals surface area contributed by atoms with Crippen LogP contribution in [0.4, 0.5) is 4.39 Å². The topological polar surface area (TPSA) is 49.3 Å². The van der Waals surface area contributed by atoms with E-state index < -0.39 is 11.0 Å². The molecule has 3 nitrogen and oxygen atoms in total. The van der Waals surface area contributed by atoms with Crippen LogP contribution in [-0.2, 0) is 11.3 Å². The summed E-state index contributed by atoms with van der Waals surface area (Å²) >= 11 is 0. The molecule has 2 N–H and O–H groups in total. The van der Waals surface area contributed by atoms with Crippen LogP contribution >= 0.6 is 0 Å². The van der Waals surface area contributed by atoms with Crippen LogP contribution in [0.25, 0.3) is 0 Å². The zero-order valence-corrected chi connectivity index (χ0v) is 15.2. The Kier molecular flexibility index (Phi) is 3.77. The summed E-state index contributed by atoms with van der Waals surface area (Å²) in [6, 6.07) is 4.69. The lowest BCUT2D eigenvalue weighted by Crippen LogP contribution is -2.63. The summed E-state index contributed by atoms with van der Waals surface area (Å²) in [5.41, 5.74) is 0.825. The summed E-state index contributed by atoms with van der Waals surface area (Å²) in [5.74, 6) is 0.239. The number of amides is 1. The average molecular weight is 345 g/mol. The molecule has 4 heteroatoms. The second-order valence-electron chi connectivity index (χ2n) is 9.12. The Morgan fingerprint density at radius 2 is 2.08 bits per heavy atom. The van der Waals surface area contributed by atoms with E-state index in [4.69, 9.17) is 0 Å². The summed E-state index contributed by atoms with van der Waals surface area (Å²) in [5, 5.41) is 14.1. The lowest BCUT2D eigenvalue weighted by Gasteiger charge is -2.64. The fourth-order valence-electron chi connectivity index (χ4n) is 6.43. The van der Waals surface area contributed by atoms with E-state index >= 15 is 0 Å². The molecule has 4 aliphatic carbocycles. The van der Waals surface area contributed by atoms with E-state index in [-0.39, 0.29) is 17.1 Å². The molecule has 4 saturated carbocycles. The normalized spacial score (nSPS) is 38.8. The monoisotopic (exact) mass is 345 g/mol. The van der Waals surface area contributed by atoms with Gasteiger partial charge in [-0.2, -0.15) is 0 Å². The molecule has 4 atom stereocenters. The molecule has 4 bridgehead atoms. The lowest BCUT2D eigenvalue weighted by atomic mass is 9.42. The highest BCUT2D eigenvalue weighted by Gasteiger charge is 2.64. The van der Waals surface area contributed by atoms with Crippen molar-refractivity contribution in [1.29, 1.82) is 0 Å². The molecule has 0 aromatic heterocycles. The standard InChI is InChI=1S/C21H28FNO2/c1-3-19-7-15-8-20(11-19,13-21(25,9-15)12-19)18(24)23-10-16-6-17(22)5-4-14(16)2/h4-6,15,25H,3,7-13H2,1-2H3,(H,23,24). The third-order valence-electron chi connectivity index (χ3n) is 7.14. The van der Waals surface area contributed by atoms with E-state index in [9.17, 15) is 14.3 Å². The van der Waals surface area contributed by atoms with Gasteiger partial charge in [0.2, 0.25) is 5.91 Å². The van der Waals surface area contributed by atoms with Gasteiger partial charge in [-0.25, -0.2) is 4.39 Å². The fraction of sp³-hybridized carbons (Fsp3) is 0.667. The maximum Gasteiger partial charge on any atom is 0.226 e. The molecule has 136 valence electrons. The molecule has 5 rings (SSSR count). The number of nitrogens with one attached hydrogen (secondary N) is 1. The third-order valence-corrected chi connectivity index (χ3v) is 7.14. The van der Waals surface area contributed by atoms with Crippen molar-refractivity contribution in [3.05, 3.63) is 35.1 Å². The van der Waals surface area contributed by atoms with Gasteiger partial charge in [-0.15, -0.1) is 0 Å². The van der Waals surface area contributed by atoms with Gasteiger partial charge in [0, 0.05) is 6.54 Å².